The lowest BCUT2D eigenvalue weighted by Crippen LogP contribution is -2.38. The normalized spacial score (nSPS) is 14.9. The number of pyridine rings is 1. The van der Waals surface area contributed by atoms with E-state index in [1.54, 1.807) is 24.3 Å². The Bertz CT molecular complexity index is 1440. The van der Waals surface area contributed by atoms with E-state index in [1.807, 2.05) is 13.8 Å². The number of anilines is 1. The predicted molar refractivity (Wildman–Crippen MR) is 155 cm³/mol. The van der Waals surface area contributed by atoms with Crippen LogP contribution in [0.2, 0.25) is 0 Å². The minimum Gasteiger partial charge on any atom is -0.476 e. The number of hydrogen-bond donors (Lipinski definition) is 2. The Hall–Kier alpha value is -3.13. The summed E-state index contributed by atoms with van der Waals surface area (Å²) in [6.07, 6.45) is 4.15. The lowest BCUT2D eigenvalue weighted by molar-refractivity contribution is -0.110. The van der Waals surface area contributed by atoms with Crippen molar-refractivity contribution in [1.82, 2.24) is 9.97 Å². The van der Waals surface area contributed by atoms with Gasteiger partial charge in [-0.1, -0.05) is 28.6 Å². The third-order valence-electron chi connectivity index (χ3n) is 6.10. The lowest BCUT2D eigenvalue weighted by atomic mass is 10.1. The van der Waals surface area contributed by atoms with Crippen LogP contribution in [0.1, 0.15) is 51.5 Å². The van der Waals surface area contributed by atoms with E-state index in [0.29, 0.717) is 46.6 Å². The number of carbonyl (C=O) groups excluding carboxylic acids is 1. The maximum atomic E-state index is 13.4. The van der Waals surface area contributed by atoms with Gasteiger partial charge in [0.2, 0.25) is 5.88 Å². The summed E-state index contributed by atoms with van der Waals surface area (Å²) in [5.74, 6) is -0.152. The maximum absolute atomic E-state index is 13.4. The number of hydrogen-bond acceptors (Lipinski definition) is 11. The molecule has 4 rings (SSSR count). The summed E-state index contributed by atoms with van der Waals surface area (Å²) in [7, 11) is -1.95. The Morgan fingerprint density at radius 2 is 1.88 bits per heavy atom. The molecule has 1 amide bonds. The first-order valence-electron chi connectivity index (χ1n) is 13.1. The van der Waals surface area contributed by atoms with Crippen molar-refractivity contribution in [2.45, 2.75) is 62.5 Å². The quantitative estimate of drug-likeness (QED) is 0.171. The molecule has 40 heavy (non-hydrogen) atoms. The number of rotatable bonds is 13. The Balaban J connectivity index is 1.53. The zero-order valence-electron chi connectivity index (χ0n) is 22.9. The van der Waals surface area contributed by atoms with Gasteiger partial charge in [-0.2, -0.15) is 0 Å². The molecule has 3 N–H and O–H groups in total. The van der Waals surface area contributed by atoms with Crippen LogP contribution in [0.5, 0.6) is 5.88 Å². The molecule has 13 heteroatoms. The van der Waals surface area contributed by atoms with Crippen LogP contribution >= 0.6 is 11.3 Å². The zero-order valence-corrected chi connectivity index (χ0v) is 24.5. The predicted octanol–water partition coefficient (Wildman–Crippen LogP) is 3.92. The van der Waals surface area contributed by atoms with Crippen LogP contribution in [0.3, 0.4) is 0 Å². The number of nitrogens with zero attached hydrogens (tertiary/aromatic N) is 3. The van der Waals surface area contributed by atoms with Crippen molar-refractivity contribution >= 4 is 48.3 Å². The molecule has 1 aliphatic rings. The molecule has 11 nitrogen and oxygen atoms in total. The third-order valence-corrected chi connectivity index (χ3v) is 8.80. The monoisotopic (exact) mass is 589 g/mol. The molecule has 1 fully saturated rings. The van der Waals surface area contributed by atoms with Gasteiger partial charge in [-0.15, -0.1) is 0 Å². The van der Waals surface area contributed by atoms with E-state index in [-0.39, 0.29) is 22.5 Å². The van der Waals surface area contributed by atoms with Crippen molar-refractivity contribution in [3.8, 4) is 5.88 Å². The Morgan fingerprint density at radius 3 is 2.55 bits per heavy atom. The molecule has 3 aromatic rings. The van der Waals surface area contributed by atoms with Crippen LogP contribution in [0.4, 0.5) is 5.13 Å². The highest BCUT2D eigenvalue weighted by molar-refractivity contribution is 7.91. The number of methoxy groups -OCH3 is 1. The highest BCUT2D eigenvalue weighted by Gasteiger charge is 2.22. The minimum atomic E-state index is -3.48. The SMILES string of the molecule is COCCCS(=O)(=O)c1ccc(C(=NOC2CCCC2)C(=O)Nc2nc3ccc(OCC(C)(C)N)nc3s2)cc1. The standard InChI is InChI=1S/C27H35N5O6S2/c1-27(2,28)17-37-22-14-13-21-25(30-22)39-26(29-21)31-24(33)23(32-38-19-7-4-5-8-19)18-9-11-20(12-10-18)40(34,35)16-6-15-36-3/h9-14,19H,4-8,15-17,28H2,1-3H3,(H,29,31,33). The summed E-state index contributed by atoms with van der Waals surface area (Å²) >= 11 is 1.19. The first kappa shape index (κ1) is 29.8. The average molecular weight is 590 g/mol. The lowest BCUT2D eigenvalue weighted by Gasteiger charge is -2.18. The van der Waals surface area contributed by atoms with E-state index in [4.69, 9.17) is 20.0 Å². The van der Waals surface area contributed by atoms with Crippen molar-refractivity contribution in [1.29, 1.82) is 0 Å². The highest BCUT2D eigenvalue weighted by atomic mass is 32.2. The molecule has 0 bridgehead atoms. The van der Waals surface area contributed by atoms with Gasteiger partial charge in [0.15, 0.2) is 20.7 Å². The molecule has 0 saturated heterocycles. The summed E-state index contributed by atoms with van der Waals surface area (Å²) in [5, 5.41) is 7.32. The van der Waals surface area contributed by atoms with Gasteiger partial charge in [0.1, 0.15) is 23.1 Å². The number of amides is 1. The van der Waals surface area contributed by atoms with E-state index in [2.05, 4.69) is 20.4 Å². The fourth-order valence-electron chi connectivity index (χ4n) is 4.03. The largest absolute Gasteiger partial charge is 0.476 e. The van der Waals surface area contributed by atoms with Gasteiger partial charge in [-0.25, -0.2) is 18.4 Å². The van der Waals surface area contributed by atoms with Crippen LogP contribution in [-0.4, -0.2) is 67.7 Å². The number of nitrogens with one attached hydrogen (secondary N) is 1. The van der Waals surface area contributed by atoms with Crippen molar-refractivity contribution in [2.24, 2.45) is 10.9 Å². The second-order valence-corrected chi connectivity index (χ2v) is 13.5. The summed E-state index contributed by atoms with van der Waals surface area (Å²) in [5.41, 5.74) is 6.52. The second kappa shape index (κ2) is 13.0. The van der Waals surface area contributed by atoms with Crippen molar-refractivity contribution < 1.29 is 27.5 Å². The number of thiazole rings is 1. The molecule has 0 aliphatic heterocycles. The maximum Gasteiger partial charge on any atom is 0.280 e. The van der Waals surface area contributed by atoms with Crippen LogP contribution in [-0.2, 0) is 24.2 Å². The van der Waals surface area contributed by atoms with Crippen LogP contribution in [0.15, 0.2) is 46.4 Å². The molecule has 0 atom stereocenters. The average Bonchev–Trinajstić information content (AvgIpc) is 3.57. The minimum absolute atomic E-state index is 0.0247. The van der Waals surface area contributed by atoms with Gasteiger partial charge in [0, 0.05) is 30.9 Å². The van der Waals surface area contributed by atoms with Crippen molar-refractivity contribution in [3.05, 3.63) is 42.0 Å². The van der Waals surface area contributed by atoms with E-state index < -0.39 is 21.3 Å². The number of fused-ring (bicyclic) bond motifs is 1. The Labute approximate surface area is 238 Å². The number of benzene rings is 1. The molecule has 2 heterocycles. The van der Waals surface area contributed by atoms with Gasteiger partial charge in [-0.05, 0) is 64.2 Å². The molecule has 2 aromatic heterocycles. The zero-order chi connectivity index (χ0) is 28.8. The van der Waals surface area contributed by atoms with Crippen LogP contribution < -0.4 is 15.8 Å². The van der Waals surface area contributed by atoms with Gasteiger partial charge in [0.25, 0.3) is 5.91 Å². The van der Waals surface area contributed by atoms with E-state index >= 15 is 0 Å². The Kier molecular flexibility index (Phi) is 9.72. The van der Waals surface area contributed by atoms with Crippen molar-refractivity contribution in [2.75, 3.05) is 31.4 Å². The highest BCUT2D eigenvalue weighted by Crippen LogP contribution is 2.27. The van der Waals surface area contributed by atoms with Crippen LogP contribution in [0, 0.1) is 0 Å². The van der Waals surface area contributed by atoms with Crippen molar-refractivity contribution in [3.63, 3.8) is 0 Å². The molecule has 0 spiro atoms. The summed E-state index contributed by atoms with van der Waals surface area (Å²) in [6.45, 7) is 4.37. The molecule has 1 aromatic carbocycles. The molecular formula is C27H35N5O6S2. The fourth-order valence-corrected chi connectivity index (χ4v) is 6.14. The number of nitrogens with two attached hydrogens (primary N) is 1. The van der Waals surface area contributed by atoms with E-state index in [1.165, 1.54) is 30.6 Å². The summed E-state index contributed by atoms with van der Waals surface area (Å²) in [6, 6.07) is 9.53. The Morgan fingerprint density at radius 1 is 1.15 bits per heavy atom. The number of aromatic nitrogens is 2. The van der Waals surface area contributed by atoms with Crippen LogP contribution in [0.25, 0.3) is 10.3 Å². The van der Waals surface area contributed by atoms with Gasteiger partial charge in [0.05, 0.1) is 10.6 Å². The smallest absolute Gasteiger partial charge is 0.280 e. The van der Waals surface area contributed by atoms with Gasteiger partial charge in [-0.3, -0.25) is 10.1 Å². The molecule has 0 radical (unpaired) electrons. The number of oxime groups is 1. The number of ether oxygens (including phenoxy) is 2. The molecule has 0 unspecified atom stereocenters. The fraction of sp³-hybridized carbons (Fsp3) is 0.481. The van der Waals surface area contributed by atoms with Gasteiger partial charge < -0.3 is 20.0 Å². The first-order valence-corrected chi connectivity index (χ1v) is 15.6. The molecular weight excluding hydrogens is 554 g/mol. The number of sulfone groups is 1. The summed E-state index contributed by atoms with van der Waals surface area (Å²) in [4.78, 5) is 28.8. The topological polar surface area (TPSA) is 155 Å². The third kappa shape index (κ3) is 8.19. The van der Waals surface area contributed by atoms with E-state index in [9.17, 15) is 13.2 Å². The molecule has 216 valence electrons. The molecule has 1 aliphatic carbocycles. The second-order valence-electron chi connectivity index (χ2n) is 10.4. The summed E-state index contributed by atoms with van der Waals surface area (Å²) < 4.78 is 35.9. The number of carbonyl (C=O) groups is 1. The molecule has 1 saturated carbocycles. The van der Waals surface area contributed by atoms with E-state index in [0.717, 1.165) is 25.7 Å². The van der Waals surface area contributed by atoms with Gasteiger partial charge >= 0.3 is 0 Å². The first-order chi connectivity index (χ1) is 19.0.